The Morgan fingerprint density at radius 3 is 2.16 bits per heavy atom. The third-order valence-electron chi connectivity index (χ3n) is 16.7. The number of halogens is 4. The van der Waals surface area contributed by atoms with Crippen LogP contribution in [0.4, 0.5) is 23.2 Å². The van der Waals surface area contributed by atoms with Gasteiger partial charge in [0.25, 0.3) is 0 Å². The summed E-state index contributed by atoms with van der Waals surface area (Å²) in [6.45, 7) is 11.4. The van der Waals surface area contributed by atoms with Gasteiger partial charge in [0.15, 0.2) is 47.1 Å². The molecule has 63 heavy (non-hydrogen) atoms. The Hall–Kier alpha value is -2.64. The molecule has 0 aromatic heterocycles. The van der Waals surface area contributed by atoms with Crippen molar-refractivity contribution >= 4 is 17.6 Å². The second kappa shape index (κ2) is 18.2. The predicted molar refractivity (Wildman–Crippen MR) is 217 cm³/mol. The summed E-state index contributed by atoms with van der Waals surface area (Å²) in [6, 6.07) is -1.31. The number of hydrogen-bond donors (Lipinski definition) is 2. The van der Waals surface area contributed by atoms with Crippen LogP contribution in [0.3, 0.4) is 0 Å². The standard InChI is InChI=1S/C46H66F4N2O11/c1-23-10-13-30-26(4)35(58-42-45(30,61-55)28(23)15-12-25(3)57-42)9-8-20-52(40-38(49)32(47)21-33(48)39(40)50)34(41(54)51-22-37(53)56-7)16-17-36-27(5)31-14-11-24(2)29-18-19-44(6)60-43(59-36)46(29,31)63-62-44/h21,23-31,34-36,42-43,55H,8-20,22H2,1-7H3,(H,51,54)/t23-,24?,25?,26?,27-,28?,29?,30?,31?,34?,35?,36-,42+,43?,44+,45-,46+/m1/s1. The number of nitrogens with zero attached hydrogens (tertiary/aromatic N) is 1. The molecule has 2 saturated carbocycles. The van der Waals surface area contributed by atoms with Crippen LogP contribution in [0.25, 0.3) is 0 Å². The van der Waals surface area contributed by atoms with E-state index >= 15 is 17.6 Å². The Morgan fingerprint density at radius 2 is 1.46 bits per heavy atom. The van der Waals surface area contributed by atoms with Crippen molar-refractivity contribution in [2.24, 2.45) is 47.3 Å². The molecule has 6 heterocycles. The van der Waals surface area contributed by atoms with Gasteiger partial charge in [-0.2, -0.15) is 0 Å². The molecule has 6 aliphatic heterocycles. The zero-order chi connectivity index (χ0) is 45.2. The Kier molecular flexibility index (Phi) is 13.6. The molecule has 1 spiro atoms. The highest BCUT2D eigenvalue weighted by Gasteiger charge is 2.69. The van der Waals surface area contributed by atoms with Crippen molar-refractivity contribution in [3.8, 4) is 0 Å². The number of fused-ring (bicyclic) bond motifs is 2. The van der Waals surface area contributed by atoms with Crippen molar-refractivity contribution in [2.75, 3.05) is 25.1 Å². The second-order valence-corrected chi connectivity index (χ2v) is 20.1. The van der Waals surface area contributed by atoms with E-state index in [0.717, 1.165) is 57.0 Å². The van der Waals surface area contributed by atoms with Crippen LogP contribution in [-0.2, 0) is 47.9 Å². The van der Waals surface area contributed by atoms with Gasteiger partial charge in [-0.15, -0.1) is 0 Å². The molecule has 1 aromatic carbocycles. The highest BCUT2D eigenvalue weighted by Crippen LogP contribution is 2.61. The highest BCUT2D eigenvalue weighted by atomic mass is 19.2. The fourth-order valence-corrected chi connectivity index (χ4v) is 13.2. The molecular weight excluding hydrogens is 833 g/mol. The van der Waals surface area contributed by atoms with E-state index in [0.29, 0.717) is 18.8 Å². The SMILES string of the molecule is COC(=O)CNC(=O)C(CC[C@H]1OC2O[C@]3(C)CCC4C(C)CCC([C@H]1C)[C@]24OO3)N(CCCC1O[C@@H]2OC(C)CCC3[C@H](C)CCC(C1C)[C@]32OO)c1c(F)c(F)cc(F)c1F. The van der Waals surface area contributed by atoms with E-state index in [1.165, 1.54) is 0 Å². The molecule has 13 nitrogen and oxygen atoms in total. The Morgan fingerprint density at radius 1 is 0.825 bits per heavy atom. The molecule has 354 valence electrons. The van der Waals surface area contributed by atoms with Crippen LogP contribution in [0, 0.1) is 70.6 Å². The lowest BCUT2D eigenvalue weighted by atomic mass is 9.57. The quantitative estimate of drug-likeness (QED) is 0.0652. The van der Waals surface area contributed by atoms with Crippen LogP contribution in [0.1, 0.15) is 119 Å². The lowest BCUT2D eigenvalue weighted by Gasteiger charge is -2.60. The van der Waals surface area contributed by atoms with Gasteiger partial charge in [0.05, 0.1) is 25.4 Å². The van der Waals surface area contributed by atoms with Crippen molar-refractivity contribution < 1.29 is 70.8 Å². The van der Waals surface area contributed by atoms with Gasteiger partial charge in [-0.3, -0.25) is 14.8 Å². The van der Waals surface area contributed by atoms with Gasteiger partial charge in [-0.25, -0.2) is 32.2 Å². The molecule has 1 amide bonds. The van der Waals surface area contributed by atoms with Crippen molar-refractivity contribution in [1.29, 1.82) is 0 Å². The Bertz CT molecular complexity index is 1820. The van der Waals surface area contributed by atoms with Crippen molar-refractivity contribution in [3.05, 3.63) is 29.3 Å². The van der Waals surface area contributed by atoms with Gasteiger partial charge < -0.3 is 33.9 Å². The van der Waals surface area contributed by atoms with Crippen molar-refractivity contribution in [2.45, 2.75) is 173 Å². The molecular formula is C46H66F4N2O11. The van der Waals surface area contributed by atoms with Gasteiger partial charge in [-0.1, -0.05) is 27.7 Å². The molecule has 2 aliphatic carbocycles. The van der Waals surface area contributed by atoms with Crippen LogP contribution in [0.2, 0.25) is 0 Å². The normalized spacial score (nSPS) is 42.3. The summed E-state index contributed by atoms with van der Waals surface area (Å²) in [4.78, 5) is 45.4. The van der Waals surface area contributed by atoms with Crippen LogP contribution in [0.5, 0.6) is 0 Å². The molecule has 8 aliphatic rings. The van der Waals surface area contributed by atoms with E-state index in [1.807, 2.05) is 20.8 Å². The molecule has 1 aromatic rings. The van der Waals surface area contributed by atoms with Gasteiger partial charge >= 0.3 is 5.97 Å². The fourth-order valence-electron chi connectivity index (χ4n) is 13.2. The van der Waals surface area contributed by atoms with Crippen LogP contribution >= 0.6 is 0 Å². The van der Waals surface area contributed by atoms with E-state index in [4.69, 9.17) is 38.3 Å². The Labute approximate surface area is 367 Å². The lowest BCUT2D eigenvalue weighted by molar-refractivity contribution is -0.571. The smallest absolute Gasteiger partial charge is 0.325 e. The monoisotopic (exact) mass is 898 g/mol. The summed E-state index contributed by atoms with van der Waals surface area (Å²) >= 11 is 0. The minimum atomic E-state index is -1.66. The van der Waals surface area contributed by atoms with Crippen LogP contribution in [-0.4, -0.2) is 91.3 Å². The Balaban J connectivity index is 1.08. The first kappa shape index (κ1) is 46.9. The molecule has 10 unspecified atom stereocenters. The summed E-state index contributed by atoms with van der Waals surface area (Å²) in [5.41, 5.74) is -2.97. The van der Waals surface area contributed by atoms with E-state index in [9.17, 15) is 14.8 Å². The largest absolute Gasteiger partial charge is 0.468 e. The number of nitrogens with one attached hydrogen (secondary N) is 1. The van der Waals surface area contributed by atoms with Crippen molar-refractivity contribution in [1.82, 2.24) is 5.32 Å². The van der Waals surface area contributed by atoms with E-state index < -0.39 is 95.2 Å². The molecule has 2 N–H and O–H groups in total. The van der Waals surface area contributed by atoms with Gasteiger partial charge in [-0.05, 0) is 120 Å². The molecule has 2 bridgehead atoms. The van der Waals surface area contributed by atoms with Gasteiger partial charge in [0.2, 0.25) is 11.7 Å². The molecule has 17 heteroatoms. The summed E-state index contributed by atoms with van der Waals surface area (Å²) in [5.74, 6) is -8.95. The number of carbonyl (C=O) groups is 2. The minimum absolute atomic E-state index is 0.00843. The number of carbonyl (C=O) groups excluding carboxylic acids is 2. The zero-order valence-electron chi connectivity index (χ0n) is 37.5. The lowest BCUT2D eigenvalue weighted by Crippen LogP contribution is -2.70. The number of hydrogen-bond acceptors (Lipinski definition) is 12. The zero-order valence-corrected chi connectivity index (χ0v) is 37.5. The molecule has 17 atom stereocenters. The van der Waals surface area contributed by atoms with Crippen molar-refractivity contribution in [3.63, 3.8) is 0 Å². The first-order valence-corrected chi connectivity index (χ1v) is 23.3. The highest BCUT2D eigenvalue weighted by molar-refractivity contribution is 5.88. The molecule has 6 saturated heterocycles. The predicted octanol–water partition coefficient (Wildman–Crippen LogP) is 7.97. The first-order chi connectivity index (χ1) is 30.0. The maximum Gasteiger partial charge on any atom is 0.325 e. The third-order valence-corrected chi connectivity index (χ3v) is 16.7. The van der Waals surface area contributed by atoms with Gasteiger partial charge in [0, 0.05) is 30.9 Å². The number of amides is 1. The van der Waals surface area contributed by atoms with E-state index in [1.54, 1.807) is 0 Å². The topological polar surface area (TPSA) is 143 Å². The number of methoxy groups -OCH3 is 1. The van der Waals surface area contributed by atoms with Crippen LogP contribution < -0.4 is 10.2 Å². The summed E-state index contributed by atoms with van der Waals surface area (Å²) in [5, 5.41) is 13.2. The molecule has 8 fully saturated rings. The molecule has 9 rings (SSSR count). The van der Waals surface area contributed by atoms with E-state index in [-0.39, 0.29) is 79.4 Å². The maximum absolute atomic E-state index is 16.0. The summed E-state index contributed by atoms with van der Waals surface area (Å²) in [7, 11) is 1.15. The second-order valence-electron chi connectivity index (χ2n) is 20.1. The average Bonchev–Trinajstić information content (AvgIpc) is 3.57. The minimum Gasteiger partial charge on any atom is -0.468 e. The first-order valence-electron chi connectivity index (χ1n) is 23.3. The number of rotatable bonds is 13. The third kappa shape index (κ3) is 8.09. The average molecular weight is 899 g/mol. The van der Waals surface area contributed by atoms with Gasteiger partial charge in [0.1, 0.15) is 18.3 Å². The summed E-state index contributed by atoms with van der Waals surface area (Å²) in [6.07, 6.45) is 4.16. The molecule has 0 radical (unpaired) electrons. The number of benzene rings is 1. The number of anilines is 1. The number of esters is 1. The maximum atomic E-state index is 16.0. The van der Waals surface area contributed by atoms with Crippen LogP contribution in [0.15, 0.2) is 6.07 Å². The summed E-state index contributed by atoms with van der Waals surface area (Å²) < 4.78 is 93.5. The fraction of sp³-hybridized carbons (Fsp3) is 0.826. The van der Waals surface area contributed by atoms with E-state index in [2.05, 4.69) is 26.1 Å². The number of ether oxygens (including phenoxy) is 5.